The molecule has 0 aliphatic carbocycles. The maximum absolute atomic E-state index is 12.1. The first-order valence-corrected chi connectivity index (χ1v) is 8.61. The van der Waals surface area contributed by atoms with Gasteiger partial charge in [-0.25, -0.2) is 4.79 Å². The Morgan fingerprint density at radius 3 is 2.34 bits per heavy atom. The second kappa shape index (κ2) is 10.2. The van der Waals surface area contributed by atoms with E-state index >= 15 is 0 Å². The number of carbonyl (C=O) groups is 3. The van der Waals surface area contributed by atoms with Gasteiger partial charge < -0.3 is 20.1 Å². The first-order valence-electron chi connectivity index (χ1n) is 8.61. The number of halogens is 2. The summed E-state index contributed by atoms with van der Waals surface area (Å²) in [7, 11) is 0. The predicted molar refractivity (Wildman–Crippen MR) is 101 cm³/mol. The van der Waals surface area contributed by atoms with Crippen LogP contribution in [-0.4, -0.2) is 37.5 Å². The zero-order valence-electron chi connectivity index (χ0n) is 15.8. The lowest BCUT2D eigenvalue weighted by atomic mass is 10.1. The van der Waals surface area contributed by atoms with E-state index in [0.717, 1.165) is 11.1 Å². The van der Waals surface area contributed by atoms with Crippen molar-refractivity contribution in [2.45, 2.75) is 20.5 Å². The topological polar surface area (TPSA) is 93.7 Å². The Bertz CT molecular complexity index is 885. The normalized spacial score (nSPS) is 10.4. The van der Waals surface area contributed by atoms with E-state index in [-0.39, 0.29) is 17.9 Å². The maximum Gasteiger partial charge on any atom is 0.387 e. The molecule has 0 saturated carbocycles. The molecular weight excluding hydrogens is 386 g/mol. The molecule has 0 spiro atoms. The van der Waals surface area contributed by atoms with Crippen LogP contribution in [0.5, 0.6) is 5.75 Å². The lowest BCUT2D eigenvalue weighted by Crippen LogP contribution is -2.35. The Morgan fingerprint density at radius 2 is 1.69 bits per heavy atom. The standard InChI is InChI=1S/C20H20F2N2O5/c1-12-4-3-5-16(13(12)2)24-17(25)10-23-18(26)11-28-19(27)14-6-8-15(9-7-14)29-20(21)22/h3-9,20H,10-11H2,1-2H3,(H,23,26)(H,24,25). The molecule has 9 heteroatoms. The molecule has 0 aliphatic heterocycles. The van der Waals surface area contributed by atoms with E-state index in [1.807, 2.05) is 26.0 Å². The third-order valence-electron chi connectivity index (χ3n) is 3.97. The minimum atomic E-state index is -2.97. The minimum Gasteiger partial charge on any atom is -0.452 e. The molecule has 0 aliphatic rings. The van der Waals surface area contributed by atoms with Crippen molar-refractivity contribution < 1.29 is 32.6 Å². The van der Waals surface area contributed by atoms with Crippen LogP contribution >= 0.6 is 0 Å². The van der Waals surface area contributed by atoms with E-state index in [2.05, 4.69) is 15.4 Å². The minimum absolute atomic E-state index is 0.0621. The van der Waals surface area contributed by atoms with E-state index in [1.165, 1.54) is 24.3 Å². The highest BCUT2D eigenvalue weighted by molar-refractivity contribution is 5.96. The first-order chi connectivity index (χ1) is 13.8. The van der Waals surface area contributed by atoms with Crippen LogP contribution in [0.2, 0.25) is 0 Å². The Labute approximate surface area is 166 Å². The number of benzene rings is 2. The molecule has 29 heavy (non-hydrogen) atoms. The number of esters is 1. The molecule has 2 aromatic carbocycles. The van der Waals surface area contributed by atoms with Crippen LogP contribution in [0.1, 0.15) is 21.5 Å². The molecule has 0 heterocycles. The summed E-state index contributed by atoms with van der Waals surface area (Å²) in [5, 5.41) is 5.03. The summed E-state index contributed by atoms with van der Waals surface area (Å²) in [6.07, 6.45) is 0. The number of anilines is 1. The van der Waals surface area contributed by atoms with Gasteiger partial charge in [-0.3, -0.25) is 9.59 Å². The van der Waals surface area contributed by atoms with E-state index < -0.39 is 31.0 Å². The Morgan fingerprint density at radius 1 is 1.00 bits per heavy atom. The van der Waals surface area contributed by atoms with Crippen LogP contribution in [0.3, 0.4) is 0 Å². The first kappa shape index (κ1) is 21.8. The van der Waals surface area contributed by atoms with E-state index in [9.17, 15) is 23.2 Å². The summed E-state index contributed by atoms with van der Waals surface area (Å²) in [4.78, 5) is 35.6. The van der Waals surface area contributed by atoms with Crippen molar-refractivity contribution in [1.29, 1.82) is 0 Å². The van der Waals surface area contributed by atoms with Crippen molar-refractivity contribution in [2.75, 3.05) is 18.5 Å². The van der Waals surface area contributed by atoms with Crippen LogP contribution in [0.25, 0.3) is 0 Å². The number of rotatable bonds is 8. The Hall–Kier alpha value is -3.49. The van der Waals surface area contributed by atoms with E-state index in [1.54, 1.807) is 6.07 Å². The van der Waals surface area contributed by atoms with Crippen molar-refractivity contribution >= 4 is 23.5 Å². The zero-order chi connectivity index (χ0) is 21.4. The summed E-state index contributed by atoms with van der Waals surface area (Å²) in [6.45, 7) is -0.0623. The third-order valence-corrected chi connectivity index (χ3v) is 3.97. The molecule has 0 bridgehead atoms. The van der Waals surface area contributed by atoms with Crippen LogP contribution in [0.4, 0.5) is 14.5 Å². The van der Waals surface area contributed by atoms with Gasteiger partial charge >= 0.3 is 12.6 Å². The van der Waals surface area contributed by atoms with Gasteiger partial charge in [-0.05, 0) is 55.3 Å². The van der Waals surface area contributed by atoms with Crippen LogP contribution < -0.4 is 15.4 Å². The fraction of sp³-hybridized carbons (Fsp3) is 0.250. The fourth-order valence-electron chi connectivity index (χ4n) is 2.30. The van der Waals surface area contributed by atoms with Crippen molar-refractivity contribution in [1.82, 2.24) is 5.32 Å². The molecule has 0 fully saturated rings. The highest BCUT2D eigenvalue weighted by atomic mass is 19.3. The van der Waals surface area contributed by atoms with Gasteiger partial charge in [0.25, 0.3) is 5.91 Å². The molecule has 0 aromatic heterocycles. The van der Waals surface area contributed by atoms with Gasteiger partial charge in [0.2, 0.25) is 5.91 Å². The lowest BCUT2D eigenvalue weighted by molar-refractivity contribution is -0.126. The second-order valence-corrected chi connectivity index (χ2v) is 6.05. The summed E-state index contributed by atoms with van der Waals surface area (Å²) < 4.78 is 33.2. The van der Waals surface area contributed by atoms with Crippen LogP contribution in [-0.2, 0) is 14.3 Å². The van der Waals surface area contributed by atoms with Gasteiger partial charge in [-0.1, -0.05) is 12.1 Å². The largest absolute Gasteiger partial charge is 0.452 e. The van der Waals surface area contributed by atoms with Gasteiger partial charge in [-0.2, -0.15) is 8.78 Å². The average Bonchev–Trinajstić information content (AvgIpc) is 2.68. The molecule has 0 radical (unpaired) electrons. The molecule has 2 rings (SSSR count). The molecular formula is C20H20F2N2O5. The average molecular weight is 406 g/mol. The number of hydrogen-bond donors (Lipinski definition) is 2. The monoisotopic (exact) mass is 406 g/mol. The van der Waals surface area contributed by atoms with Gasteiger partial charge in [0.15, 0.2) is 6.61 Å². The van der Waals surface area contributed by atoms with Crippen molar-refractivity contribution in [2.24, 2.45) is 0 Å². The number of nitrogens with one attached hydrogen (secondary N) is 2. The molecule has 2 amide bonds. The molecule has 0 saturated heterocycles. The van der Waals surface area contributed by atoms with Gasteiger partial charge in [0.05, 0.1) is 12.1 Å². The number of ether oxygens (including phenoxy) is 2. The van der Waals surface area contributed by atoms with Crippen molar-refractivity contribution in [3.05, 3.63) is 59.2 Å². The van der Waals surface area contributed by atoms with Crippen molar-refractivity contribution in [3.8, 4) is 5.75 Å². The smallest absolute Gasteiger partial charge is 0.387 e. The predicted octanol–water partition coefficient (Wildman–Crippen LogP) is 2.82. The summed E-state index contributed by atoms with van der Waals surface area (Å²) >= 11 is 0. The van der Waals surface area contributed by atoms with E-state index in [4.69, 9.17) is 4.74 Å². The Kier molecular flexibility index (Phi) is 7.64. The molecule has 0 atom stereocenters. The third kappa shape index (κ3) is 6.87. The number of hydrogen-bond acceptors (Lipinski definition) is 5. The fourth-order valence-corrected chi connectivity index (χ4v) is 2.30. The van der Waals surface area contributed by atoms with Crippen LogP contribution in [0, 0.1) is 13.8 Å². The van der Waals surface area contributed by atoms with Gasteiger partial charge in [0.1, 0.15) is 5.75 Å². The maximum atomic E-state index is 12.1. The second-order valence-electron chi connectivity index (χ2n) is 6.05. The summed E-state index contributed by atoms with van der Waals surface area (Å²) in [5.41, 5.74) is 2.65. The molecule has 2 aromatic rings. The molecule has 2 N–H and O–H groups in total. The highest BCUT2D eigenvalue weighted by Crippen LogP contribution is 2.17. The number of alkyl halides is 2. The van der Waals surface area contributed by atoms with Gasteiger partial charge in [-0.15, -0.1) is 0 Å². The summed E-state index contributed by atoms with van der Waals surface area (Å²) in [6, 6.07) is 10.3. The molecule has 0 unspecified atom stereocenters. The number of amides is 2. The highest BCUT2D eigenvalue weighted by Gasteiger charge is 2.13. The zero-order valence-corrected chi connectivity index (χ0v) is 15.8. The van der Waals surface area contributed by atoms with Crippen molar-refractivity contribution in [3.63, 3.8) is 0 Å². The SMILES string of the molecule is Cc1cccc(NC(=O)CNC(=O)COC(=O)c2ccc(OC(F)F)cc2)c1C. The van der Waals surface area contributed by atoms with Crippen LogP contribution in [0.15, 0.2) is 42.5 Å². The summed E-state index contributed by atoms with van der Waals surface area (Å²) in [5.74, 6) is -2.01. The van der Waals surface area contributed by atoms with E-state index in [0.29, 0.717) is 5.69 Å². The quantitative estimate of drug-likeness (QED) is 0.658. The molecule has 7 nitrogen and oxygen atoms in total. The number of carbonyl (C=O) groups excluding carboxylic acids is 3. The molecule has 154 valence electrons. The Balaban J connectivity index is 1.75. The van der Waals surface area contributed by atoms with Gasteiger partial charge in [0, 0.05) is 5.69 Å². The number of aryl methyl sites for hydroxylation is 1. The lowest BCUT2D eigenvalue weighted by Gasteiger charge is -2.11.